The third kappa shape index (κ3) is 2.25. The summed E-state index contributed by atoms with van der Waals surface area (Å²) in [6.07, 6.45) is 2.48. The molecule has 1 aliphatic rings. The van der Waals surface area contributed by atoms with Gasteiger partial charge in [0.15, 0.2) is 5.60 Å². The van der Waals surface area contributed by atoms with Crippen LogP contribution in [0.25, 0.3) is 16.5 Å². The fourth-order valence-electron chi connectivity index (χ4n) is 4.03. The number of Topliss-reactive ketones (excluding diaryl/α,β-unsaturated/α-hetero) is 1. The minimum atomic E-state index is -1.04. The second kappa shape index (κ2) is 5.85. The second-order valence-corrected chi connectivity index (χ2v) is 6.91. The normalized spacial score (nSPS) is 18.5. The molecule has 1 aromatic heterocycles. The van der Waals surface area contributed by atoms with E-state index in [0.29, 0.717) is 12.1 Å². The molecule has 3 aromatic carbocycles. The van der Waals surface area contributed by atoms with Gasteiger partial charge in [-0.2, -0.15) is 0 Å². The first-order valence-corrected chi connectivity index (χ1v) is 9.23. The minimum Gasteiger partial charge on any atom is -0.472 e. The van der Waals surface area contributed by atoms with Gasteiger partial charge in [-0.1, -0.05) is 61.5 Å². The van der Waals surface area contributed by atoms with Crippen molar-refractivity contribution in [1.29, 1.82) is 0 Å². The zero-order chi connectivity index (χ0) is 18.4. The number of fused-ring (bicyclic) bond motifs is 4. The molecule has 1 aliphatic heterocycles. The van der Waals surface area contributed by atoms with Gasteiger partial charge in [-0.25, -0.2) is 0 Å². The highest BCUT2D eigenvalue weighted by molar-refractivity contribution is 6.04. The SMILES string of the molecule is CCC1(c2ccccc2)Oc2cc3ccccc3cc2-n2cccc2C1=O. The van der Waals surface area contributed by atoms with Crippen molar-refractivity contribution in [2.75, 3.05) is 0 Å². The lowest BCUT2D eigenvalue weighted by molar-refractivity contribution is 0.0425. The lowest BCUT2D eigenvalue weighted by Gasteiger charge is -2.31. The van der Waals surface area contributed by atoms with Crippen LogP contribution >= 0.6 is 0 Å². The molecular formula is C24H19NO2. The molecule has 0 N–H and O–H groups in total. The molecule has 1 unspecified atom stereocenters. The maximum absolute atomic E-state index is 13.7. The summed E-state index contributed by atoms with van der Waals surface area (Å²) in [4.78, 5) is 13.7. The Morgan fingerprint density at radius 2 is 1.59 bits per heavy atom. The van der Waals surface area contributed by atoms with Crippen LogP contribution in [0, 0.1) is 0 Å². The molecule has 3 heteroatoms. The van der Waals surface area contributed by atoms with E-state index in [2.05, 4.69) is 18.2 Å². The van der Waals surface area contributed by atoms with Crippen molar-refractivity contribution in [3.05, 3.63) is 96.3 Å². The van der Waals surface area contributed by atoms with Gasteiger partial charge in [0.2, 0.25) is 5.78 Å². The highest BCUT2D eigenvalue weighted by atomic mass is 16.5. The highest BCUT2D eigenvalue weighted by Gasteiger charge is 2.45. The maximum Gasteiger partial charge on any atom is 0.227 e. The van der Waals surface area contributed by atoms with E-state index in [1.54, 1.807) is 0 Å². The first-order valence-electron chi connectivity index (χ1n) is 9.23. The molecular weight excluding hydrogens is 334 g/mol. The molecule has 3 nitrogen and oxygen atoms in total. The predicted molar refractivity (Wildman–Crippen MR) is 107 cm³/mol. The van der Waals surface area contributed by atoms with Gasteiger partial charge in [0, 0.05) is 11.8 Å². The Balaban J connectivity index is 1.84. The zero-order valence-electron chi connectivity index (χ0n) is 15.1. The third-order valence-corrected chi connectivity index (χ3v) is 5.46. The van der Waals surface area contributed by atoms with Crippen LogP contribution in [0.3, 0.4) is 0 Å². The molecule has 0 spiro atoms. The van der Waals surface area contributed by atoms with Crippen molar-refractivity contribution in [2.24, 2.45) is 0 Å². The molecule has 0 bridgehead atoms. The van der Waals surface area contributed by atoms with Crippen molar-refractivity contribution < 1.29 is 9.53 Å². The number of ketones is 1. The summed E-state index contributed by atoms with van der Waals surface area (Å²) in [5.74, 6) is 0.712. The average Bonchev–Trinajstić information content (AvgIpc) is 3.18. The number of benzene rings is 3. The number of aromatic nitrogens is 1. The second-order valence-electron chi connectivity index (χ2n) is 6.91. The molecule has 5 rings (SSSR count). The molecule has 0 aliphatic carbocycles. The van der Waals surface area contributed by atoms with Gasteiger partial charge in [0.25, 0.3) is 0 Å². The van der Waals surface area contributed by atoms with E-state index in [4.69, 9.17) is 4.74 Å². The van der Waals surface area contributed by atoms with Crippen LogP contribution in [0.1, 0.15) is 29.4 Å². The molecule has 0 amide bonds. The molecule has 0 radical (unpaired) electrons. The Labute approximate surface area is 157 Å². The van der Waals surface area contributed by atoms with E-state index < -0.39 is 5.60 Å². The summed E-state index contributed by atoms with van der Waals surface area (Å²) in [6, 6.07) is 25.9. The largest absolute Gasteiger partial charge is 0.472 e. The summed E-state index contributed by atoms with van der Waals surface area (Å²) in [6.45, 7) is 2.00. The van der Waals surface area contributed by atoms with E-state index in [9.17, 15) is 4.79 Å². The van der Waals surface area contributed by atoms with E-state index in [1.165, 1.54) is 0 Å². The molecule has 0 saturated heterocycles. The number of ether oxygens (including phenoxy) is 1. The molecule has 2 heterocycles. The summed E-state index contributed by atoms with van der Waals surface area (Å²) >= 11 is 0. The Morgan fingerprint density at radius 1 is 0.889 bits per heavy atom. The zero-order valence-corrected chi connectivity index (χ0v) is 15.1. The molecule has 27 heavy (non-hydrogen) atoms. The van der Waals surface area contributed by atoms with Crippen LogP contribution in [0.4, 0.5) is 0 Å². The quantitative estimate of drug-likeness (QED) is 0.476. The summed E-state index contributed by atoms with van der Waals surface area (Å²) in [5, 5.41) is 2.22. The Morgan fingerprint density at radius 3 is 2.33 bits per heavy atom. The van der Waals surface area contributed by atoms with Gasteiger partial charge in [-0.15, -0.1) is 0 Å². The predicted octanol–water partition coefficient (Wildman–Crippen LogP) is 5.51. The van der Waals surface area contributed by atoms with Crippen LogP contribution in [0.15, 0.2) is 85.1 Å². The molecule has 4 aromatic rings. The monoisotopic (exact) mass is 353 g/mol. The van der Waals surface area contributed by atoms with Crippen LogP contribution in [0.5, 0.6) is 5.75 Å². The van der Waals surface area contributed by atoms with Gasteiger partial charge in [0.1, 0.15) is 5.75 Å². The lowest BCUT2D eigenvalue weighted by atomic mass is 9.85. The number of rotatable bonds is 2. The standard InChI is InChI=1S/C24H19NO2/c1-2-24(19-11-4-3-5-12-19)23(26)20-13-8-14-25(20)21-15-17-9-6-7-10-18(17)16-22(21)27-24/h3-16H,2H2,1H3. The van der Waals surface area contributed by atoms with Gasteiger partial charge in [0.05, 0.1) is 11.4 Å². The van der Waals surface area contributed by atoms with E-state index >= 15 is 0 Å². The number of hydrogen-bond donors (Lipinski definition) is 0. The summed E-state index contributed by atoms with van der Waals surface area (Å²) in [7, 11) is 0. The average molecular weight is 353 g/mol. The van der Waals surface area contributed by atoms with Crippen LogP contribution in [-0.2, 0) is 5.60 Å². The van der Waals surface area contributed by atoms with Gasteiger partial charge in [-0.3, -0.25) is 4.79 Å². The Kier molecular flexibility index (Phi) is 3.44. The Bertz CT molecular complexity index is 1160. The van der Waals surface area contributed by atoms with Crippen molar-refractivity contribution in [3.8, 4) is 11.4 Å². The fourth-order valence-corrected chi connectivity index (χ4v) is 4.03. The first-order chi connectivity index (χ1) is 13.2. The maximum atomic E-state index is 13.7. The van der Waals surface area contributed by atoms with Gasteiger partial charge in [-0.05, 0) is 41.5 Å². The van der Waals surface area contributed by atoms with Crippen molar-refractivity contribution in [1.82, 2.24) is 4.57 Å². The molecule has 1 atom stereocenters. The minimum absolute atomic E-state index is 0.0125. The summed E-state index contributed by atoms with van der Waals surface area (Å²) in [5.41, 5.74) is 1.39. The number of carbonyl (C=O) groups is 1. The Hall–Kier alpha value is -3.33. The smallest absolute Gasteiger partial charge is 0.227 e. The number of hydrogen-bond acceptors (Lipinski definition) is 2. The molecule has 0 saturated carbocycles. The molecule has 0 fully saturated rings. The highest BCUT2D eigenvalue weighted by Crippen LogP contribution is 2.42. The van der Waals surface area contributed by atoms with Crippen molar-refractivity contribution in [3.63, 3.8) is 0 Å². The third-order valence-electron chi connectivity index (χ3n) is 5.46. The topological polar surface area (TPSA) is 31.2 Å². The lowest BCUT2D eigenvalue weighted by Crippen LogP contribution is -2.41. The van der Waals surface area contributed by atoms with Gasteiger partial charge >= 0.3 is 0 Å². The first kappa shape index (κ1) is 15.9. The van der Waals surface area contributed by atoms with Crippen molar-refractivity contribution in [2.45, 2.75) is 18.9 Å². The molecule has 132 valence electrons. The van der Waals surface area contributed by atoms with Crippen LogP contribution in [-0.4, -0.2) is 10.4 Å². The van der Waals surface area contributed by atoms with Crippen LogP contribution in [0.2, 0.25) is 0 Å². The number of carbonyl (C=O) groups excluding carboxylic acids is 1. The number of nitrogens with zero attached hydrogens (tertiary/aromatic N) is 1. The van der Waals surface area contributed by atoms with E-state index in [-0.39, 0.29) is 5.78 Å². The van der Waals surface area contributed by atoms with Crippen molar-refractivity contribution >= 4 is 16.6 Å². The van der Waals surface area contributed by atoms with E-state index in [1.807, 2.05) is 78.4 Å². The summed E-state index contributed by atoms with van der Waals surface area (Å²) < 4.78 is 8.52. The van der Waals surface area contributed by atoms with Crippen LogP contribution < -0.4 is 4.74 Å². The van der Waals surface area contributed by atoms with E-state index in [0.717, 1.165) is 27.8 Å². The van der Waals surface area contributed by atoms with Gasteiger partial charge < -0.3 is 9.30 Å². The fraction of sp³-hybridized carbons (Fsp3) is 0.125.